The van der Waals surface area contributed by atoms with E-state index in [1.807, 2.05) is 0 Å². The van der Waals surface area contributed by atoms with E-state index in [1.165, 1.54) is 0 Å². The predicted molar refractivity (Wildman–Crippen MR) is 67.3 cm³/mol. The molecule has 0 heterocycles. The van der Waals surface area contributed by atoms with Crippen molar-refractivity contribution in [2.45, 2.75) is 31.3 Å². The third-order valence-electron chi connectivity index (χ3n) is 3.37. The second-order valence-electron chi connectivity index (χ2n) is 4.74. The van der Waals surface area contributed by atoms with Crippen LogP contribution in [-0.4, -0.2) is 30.7 Å². The smallest absolute Gasteiger partial charge is 0.153 e. The number of methoxy groups -OCH3 is 1. The van der Waals surface area contributed by atoms with Crippen molar-refractivity contribution >= 4 is 6.29 Å². The monoisotopic (exact) mass is 250 g/mol. The molecule has 1 N–H and O–H groups in total. The van der Waals surface area contributed by atoms with Gasteiger partial charge in [-0.3, -0.25) is 4.79 Å². The molecule has 4 nitrogen and oxygen atoms in total. The summed E-state index contributed by atoms with van der Waals surface area (Å²) in [6, 6.07) is 5.06. The van der Waals surface area contributed by atoms with Gasteiger partial charge < -0.3 is 14.6 Å². The zero-order valence-electron chi connectivity index (χ0n) is 10.5. The van der Waals surface area contributed by atoms with Crippen LogP contribution in [0.5, 0.6) is 11.5 Å². The molecule has 0 atom stereocenters. The zero-order valence-corrected chi connectivity index (χ0v) is 10.5. The first kappa shape index (κ1) is 12.9. The minimum absolute atomic E-state index is 0.236. The lowest BCUT2D eigenvalue weighted by atomic mass is 10.0. The van der Waals surface area contributed by atoms with Crippen LogP contribution in [-0.2, 0) is 0 Å². The fourth-order valence-corrected chi connectivity index (χ4v) is 2.27. The molecular formula is C14H18O4. The van der Waals surface area contributed by atoms with Gasteiger partial charge in [0.2, 0.25) is 0 Å². The van der Waals surface area contributed by atoms with Gasteiger partial charge in [0.05, 0.1) is 18.3 Å². The van der Waals surface area contributed by atoms with Crippen LogP contribution in [0.1, 0.15) is 36.0 Å². The highest BCUT2D eigenvalue weighted by Gasteiger charge is 2.32. The molecule has 1 aromatic rings. The summed E-state index contributed by atoms with van der Waals surface area (Å²) in [5, 5.41) is 10.2. The number of aldehydes is 1. The van der Waals surface area contributed by atoms with E-state index in [0.717, 1.165) is 32.0 Å². The Labute approximate surface area is 107 Å². The molecule has 0 aromatic heterocycles. The number of hydrogen-bond donors (Lipinski definition) is 1. The van der Waals surface area contributed by atoms with Gasteiger partial charge in [0.25, 0.3) is 0 Å². The van der Waals surface area contributed by atoms with Crippen molar-refractivity contribution in [1.29, 1.82) is 0 Å². The van der Waals surface area contributed by atoms with Gasteiger partial charge in [0.1, 0.15) is 18.1 Å². The van der Waals surface area contributed by atoms with E-state index in [1.54, 1.807) is 25.3 Å². The molecule has 0 amide bonds. The SMILES string of the molecule is COc1ccc(OCC2(O)CCCC2)c(C=O)c1. The number of hydrogen-bond acceptors (Lipinski definition) is 4. The molecule has 0 unspecified atom stereocenters. The zero-order chi connectivity index (χ0) is 13.0. The summed E-state index contributed by atoms with van der Waals surface area (Å²) in [6.45, 7) is 0.236. The van der Waals surface area contributed by atoms with Gasteiger partial charge in [-0.15, -0.1) is 0 Å². The third-order valence-corrected chi connectivity index (χ3v) is 3.37. The predicted octanol–water partition coefficient (Wildman–Crippen LogP) is 2.19. The van der Waals surface area contributed by atoms with Crippen LogP contribution >= 0.6 is 0 Å². The summed E-state index contributed by atoms with van der Waals surface area (Å²) in [7, 11) is 1.55. The molecule has 0 spiro atoms. The van der Waals surface area contributed by atoms with Crippen molar-refractivity contribution in [2.24, 2.45) is 0 Å². The van der Waals surface area contributed by atoms with Crippen molar-refractivity contribution in [3.8, 4) is 11.5 Å². The lowest BCUT2D eigenvalue weighted by Crippen LogP contribution is -2.32. The second-order valence-corrected chi connectivity index (χ2v) is 4.74. The van der Waals surface area contributed by atoms with Crippen molar-refractivity contribution in [1.82, 2.24) is 0 Å². The molecule has 1 aliphatic rings. The summed E-state index contributed by atoms with van der Waals surface area (Å²) in [5.74, 6) is 1.11. The molecule has 18 heavy (non-hydrogen) atoms. The summed E-state index contributed by atoms with van der Waals surface area (Å²) >= 11 is 0. The van der Waals surface area contributed by atoms with Crippen molar-refractivity contribution < 1.29 is 19.4 Å². The highest BCUT2D eigenvalue weighted by Crippen LogP contribution is 2.31. The van der Waals surface area contributed by atoms with Crippen molar-refractivity contribution in [3.63, 3.8) is 0 Å². The molecule has 0 radical (unpaired) electrons. The van der Waals surface area contributed by atoms with E-state index >= 15 is 0 Å². The van der Waals surface area contributed by atoms with Gasteiger partial charge in [-0.2, -0.15) is 0 Å². The molecule has 0 aliphatic heterocycles. The minimum Gasteiger partial charge on any atom is -0.497 e. The van der Waals surface area contributed by atoms with E-state index in [9.17, 15) is 9.90 Å². The lowest BCUT2D eigenvalue weighted by molar-refractivity contribution is 0.00121. The topological polar surface area (TPSA) is 55.8 Å². The normalized spacial score (nSPS) is 17.4. The number of carbonyl (C=O) groups is 1. The minimum atomic E-state index is -0.736. The lowest BCUT2D eigenvalue weighted by Gasteiger charge is -2.22. The second kappa shape index (κ2) is 5.40. The van der Waals surface area contributed by atoms with Gasteiger partial charge in [-0.05, 0) is 31.0 Å². The highest BCUT2D eigenvalue weighted by molar-refractivity contribution is 5.80. The maximum atomic E-state index is 11.0. The molecule has 1 saturated carbocycles. The van der Waals surface area contributed by atoms with Crippen LogP contribution in [0, 0.1) is 0 Å². The van der Waals surface area contributed by atoms with Gasteiger partial charge in [0.15, 0.2) is 6.29 Å². The average Bonchev–Trinajstić information content (AvgIpc) is 2.83. The maximum Gasteiger partial charge on any atom is 0.153 e. The Morgan fingerprint density at radius 1 is 1.39 bits per heavy atom. The number of aliphatic hydroxyl groups is 1. The van der Waals surface area contributed by atoms with Crippen LogP contribution in [0.3, 0.4) is 0 Å². The molecular weight excluding hydrogens is 232 g/mol. The number of rotatable bonds is 5. The molecule has 2 rings (SSSR count). The Kier molecular flexibility index (Phi) is 3.87. The average molecular weight is 250 g/mol. The van der Waals surface area contributed by atoms with E-state index < -0.39 is 5.60 Å². The van der Waals surface area contributed by atoms with Gasteiger partial charge in [0, 0.05) is 0 Å². The fraction of sp³-hybridized carbons (Fsp3) is 0.500. The van der Waals surface area contributed by atoms with Gasteiger partial charge >= 0.3 is 0 Å². The summed E-state index contributed by atoms with van der Waals surface area (Å²) in [6.07, 6.45) is 4.32. The molecule has 1 aliphatic carbocycles. The summed E-state index contributed by atoms with van der Waals surface area (Å²) in [4.78, 5) is 11.0. The fourth-order valence-electron chi connectivity index (χ4n) is 2.27. The molecule has 0 bridgehead atoms. The summed E-state index contributed by atoms with van der Waals surface area (Å²) in [5.41, 5.74) is -0.295. The third kappa shape index (κ3) is 2.82. The van der Waals surface area contributed by atoms with Crippen molar-refractivity contribution in [3.05, 3.63) is 23.8 Å². The van der Waals surface area contributed by atoms with E-state index in [4.69, 9.17) is 9.47 Å². The summed E-state index contributed by atoms with van der Waals surface area (Å²) < 4.78 is 10.6. The van der Waals surface area contributed by atoms with E-state index in [-0.39, 0.29) is 6.61 Å². The van der Waals surface area contributed by atoms with Crippen LogP contribution in [0.25, 0.3) is 0 Å². The van der Waals surface area contributed by atoms with Crippen LogP contribution in [0.4, 0.5) is 0 Å². The Morgan fingerprint density at radius 2 is 2.11 bits per heavy atom. The molecule has 0 saturated heterocycles. The van der Waals surface area contributed by atoms with Crippen LogP contribution in [0.15, 0.2) is 18.2 Å². The largest absolute Gasteiger partial charge is 0.497 e. The Hall–Kier alpha value is -1.55. The molecule has 1 aromatic carbocycles. The maximum absolute atomic E-state index is 11.0. The standard InChI is InChI=1S/C14H18O4/c1-17-12-4-5-13(11(8-12)9-15)18-10-14(16)6-2-3-7-14/h4-5,8-9,16H,2-3,6-7,10H2,1H3. The molecule has 4 heteroatoms. The first-order valence-electron chi connectivity index (χ1n) is 6.15. The number of benzene rings is 1. The first-order chi connectivity index (χ1) is 8.67. The Bertz CT molecular complexity index is 422. The van der Waals surface area contributed by atoms with E-state index in [0.29, 0.717) is 17.1 Å². The highest BCUT2D eigenvalue weighted by atomic mass is 16.5. The first-order valence-corrected chi connectivity index (χ1v) is 6.15. The Balaban J connectivity index is 2.06. The van der Waals surface area contributed by atoms with Crippen LogP contribution < -0.4 is 9.47 Å². The van der Waals surface area contributed by atoms with Crippen molar-refractivity contribution in [2.75, 3.05) is 13.7 Å². The van der Waals surface area contributed by atoms with Gasteiger partial charge in [-0.25, -0.2) is 0 Å². The number of carbonyl (C=O) groups excluding carboxylic acids is 1. The number of ether oxygens (including phenoxy) is 2. The molecule has 98 valence electrons. The Morgan fingerprint density at radius 3 is 2.72 bits per heavy atom. The molecule has 1 fully saturated rings. The quantitative estimate of drug-likeness (QED) is 0.814. The van der Waals surface area contributed by atoms with Gasteiger partial charge in [-0.1, -0.05) is 12.8 Å². The van der Waals surface area contributed by atoms with Crippen LogP contribution in [0.2, 0.25) is 0 Å². The van der Waals surface area contributed by atoms with E-state index in [2.05, 4.69) is 0 Å².